The van der Waals surface area contributed by atoms with Crippen molar-refractivity contribution in [2.75, 3.05) is 19.6 Å². The van der Waals surface area contributed by atoms with Crippen molar-refractivity contribution in [1.82, 2.24) is 4.90 Å². The smallest absolute Gasteiger partial charge is 0.159 e. The average molecular weight is 439 g/mol. The molecule has 4 heteroatoms. The van der Waals surface area contributed by atoms with E-state index in [9.17, 15) is 14.0 Å². The lowest BCUT2D eigenvalue weighted by atomic mass is 9.63. The summed E-state index contributed by atoms with van der Waals surface area (Å²) in [6.45, 7) is 5.13. The number of rotatable bonds is 11. The van der Waals surface area contributed by atoms with Crippen molar-refractivity contribution in [2.24, 2.45) is 5.92 Å². The summed E-state index contributed by atoms with van der Waals surface area (Å²) in [5.74, 6) is -1.50. The van der Waals surface area contributed by atoms with Gasteiger partial charge in [-0.25, -0.2) is 8.78 Å². The largest absolute Gasteiger partial charge is 0.303 e. The Hall–Kier alpha value is -2.25. The molecule has 2 aromatic rings. The minimum absolute atomic E-state index is 0.204. The topological polar surface area (TPSA) is 27.0 Å². The van der Waals surface area contributed by atoms with Crippen LogP contribution in [0, 0.1) is 28.9 Å². The third-order valence-corrected chi connectivity index (χ3v) is 7.08. The van der Waals surface area contributed by atoms with Crippen molar-refractivity contribution < 1.29 is 8.78 Å². The molecule has 2 nitrogen and oxygen atoms in total. The van der Waals surface area contributed by atoms with E-state index in [1.807, 2.05) is 6.07 Å². The monoisotopic (exact) mass is 438 g/mol. The first-order valence-electron chi connectivity index (χ1n) is 12.2. The van der Waals surface area contributed by atoms with Gasteiger partial charge in [-0.2, -0.15) is 5.26 Å². The number of nitriles is 1. The number of hydrogen-bond donors (Lipinski definition) is 0. The lowest BCUT2D eigenvalue weighted by Gasteiger charge is -2.38. The Balaban J connectivity index is 1.72. The lowest BCUT2D eigenvalue weighted by molar-refractivity contribution is 0.214. The summed E-state index contributed by atoms with van der Waals surface area (Å²) >= 11 is 0. The van der Waals surface area contributed by atoms with Gasteiger partial charge in [-0.05, 0) is 80.8 Å². The quantitative estimate of drug-likeness (QED) is 0.376. The maximum absolute atomic E-state index is 14.1. The van der Waals surface area contributed by atoms with Crippen LogP contribution in [0.3, 0.4) is 0 Å². The molecule has 1 saturated carbocycles. The SMILES string of the molecule is CCCN(CCCC(C#N)(c1ccc(F)c(F)c1)C1CCCCC1)CCc1ccccc1. The first-order chi connectivity index (χ1) is 15.6. The van der Waals surface area contributed by atoms with Crippen molar-refractivity contribution in [3.05, 3.63) is 71.3 Å². The number of hydrogen-bond acceptors (Lipinski definition) is 2. The highest BCUT2D eigenvalue weighted by Gasteiger charge is 2.41. The third kappa shape index (κ3) is 6.17. The molecule has 3 rings (SSSR count). The summed E-state index contributed by atoms with van der Waals surface area (Å²) in [7, 11) is 0. The fraction of sp³-hybridized carbons (Fsp3) is 0.536. The van der Waals surface area contributed by atoms with Crippen LogP contribution < -0.4 is 0 Å². The van der Waals surface area contributed by atoms with E-state index >= 15 is 0 Å². The van der Waals surface area contributed by atoms with Crippen molar-refractivity contribution in [3.8, 4) is 6.07 Å². The lowest BCUT2D eigenvalue weighted by Crippen LogP contribution is -2.37. The summed E-state index contributed by atoms with van der Waals surface area (Å²) in [4.78, 5) is 2.47. The van der Waals surface area contributed by atoms with Crippen molar-refractivity contribution in [2.45, 2.75) is 70.1 Å². The van der Waals surface area contributed by atoms with E-state index in [2.05, 4.69) is 42.2 Å². The molecule has 1 unspecified atom stereocenters. The predicted octanol–water partition coefficient (Wildman–Crippen LogP) is 7.04. The number of halogens is 2. The van der Waals surface area contributed by atoms with Crippen LogP contribution in [-0.2, 0) is 11.8 Å². The second-order valence-corrected chi connectivity index (χ2v) is 9.23. The van der Waals surface area contributed by atoms with Crippen LogP contribution in [0.25, 0.3) is 0 Å². The number of nitrogens with zero attached hydrogens (tertiary/aromatic N) is 2. The van der Waals surface area contributed by atoms with Crippen molar-refractivity contribution in [3.63, 3.8) is 0 Å². The molecule has 1 fully saturated rings. The summed E-state index contributed by atoms with van der Waals surface area (Å²) in [5.41, 5.74) is 1.24. The van der Waals surface area contributed by atoms with Gasteiger partial charge in [-0.15, -0.1) is 0 Å². The summed E-state index contributed by atoms with van der Waals surface area (Å²) in [5, 5.41) is 10.4. The maximum Gasteiger partial charge on any atom is 0.159 e. The molecule has 0 heterocycles. The van der Waals surface area contributed by atoms with Crippen LogP contribution in [0.15, 0.2) is 48.5 Å². The highest BCUT2D eigenvalue weighted by Crippen LogP contribution is 2.44. The molecule has 0 bridgehead atoms. The van der Waals surface area contributed by atoms with Crippen LogP contribution in [-0.4, -0.2) is 24.5 Å². The van der Waals surface area contributed by atoms with Gasteiger partial charge in [-0.1, -0.05) is 62.6 Å². The molecule has 0 aromatic heterocycles. The van der Waals surface area contributed by atoms with Gasteiger partial charge in [0.15, 0.2) is 11.6 Å². The fourth-order valence-electron chi connectivity index (χ4n) is 5.33. The van der Waals surface area contributed by atoms with E-state index in [1.54, 1.807) is 6.07 Å². The highest BCUT2D eigenvalue weighted by atomic mass is 19.2. The highest BCUT2D eigenvalue weighted by molar-refractivity contribution is 5.35. The van der Waals surface area contributed by atoms with Gasteiger partial charge in [0.2, 0.25) is 0 Å². The second-order valence-electron chi connectivity index (χ2n) is 9.23. The molecule has 0 N–H and O–H groups in total. The molecular weight excluding hydrogens is 402 g/mol. The summed E-state index contributed by atoms with van der Waals surface area (Å²) < 4.78 is 27.8. The van der Waals surface area contributed by atoms with E-state index in [0.717, 1.165) is 64.6 Å². The van der Waals surface area contributed by atoms with E-state index in [1.165, 1.54) is 24.1 Å². The average Bonchev–Trinajstić information content (AvgIpc) is 2.83. The van der Waals surface area contributed by atoms with Gasteiger partial charge >= 0.3 is 0 Å². The van der Waals surface area contributed by atoms with Gasteiger partial charge in [0.25, 0.3) is 0 Å². The van der Waals surface area contributed by atoms with Crippen LogP contribution >= 0.6 is 0 Å². The molecule has 32 heavy (non-hydrogen) atoms. The molecule has 172 valence electrons. The molecule has 1 aliphatic carbocycles. The molecule has 1 aliphatic rings. The third-order valence-electron chi connectivity index (χ3n) is 7.08. The molecule has 1 atom stereocenters. The van der Waals surface area contributed by atoms with Gasteiger partial charge in [-0.3, -0.25) is 0 Å². The first-order valence-corrected chi connectivity index (χ1v) is 12.2. The zero-order chi connectivity index (χ0) is 22.8. The Morgan fingerprint density at radius 3 is 2.38 bits per heavy atom. The Morgan fingerprint density at radius 2 is 1.72 bits per heavy atom. The minimum atomic E-state index is -0.853. The summed E-state index contributed by atoms with van der Waals surface area (Å²) in [6.07, 6.45) is 9.04. The van der Waals surface area contributed by atoms with E-state index in [0.29, 0.717) is 12.0 Å². The maximum atomic E-state index is 14.1. The van der Waals surface area contributed by atoms with E-state index in [4.69, 9.17) is 0 Å². The van der Waals surface area contributed by atoms with Gasteiger partial charge < -0.3 is 4.90 Å². The zero-order valence-corrected chi connectivity index (χ0v) is 19.3. The van der Waals surface area contributed by atoms with Crippen molar-refractivity contribution in [1.29, 1.82) is 5.26 Å². The molecule has 0 aliphatic heterocycles. The molecule has 0 saturated heterocycles. The zero-order valence-electron chi connectivity index (χ0n) is 19.3. The second kappa shape index (κ2) is 12.1. The van der Waals surface area contributed by atoms with E-state index < -0.39 is 17.0 Å². The number of benzene rings is 2. The van der Waals surface area contributed by atoms with Crippen LogP contribution in [0.4, 0.5) is 8.78 Å². The Morgan fingerprint density at radius 1 is 0.969 bits per heavy atom. The van der Waals surface area contributed by atoms with Crippen LogP contribution in [0.5, 0.6) is 0 Å². The minimum Gasteiger partial charge on any atom is -0.303 e. The van der Waals surface area contributed by atoms with Crippen LogP contribution in [0.2, 0.25) is 0 Å². The summed E-state index contributed by atoms with van der Waals surface area (Å²) in [6, 6.07) is 17.2. The standard InChI is InChI=1S/C28H36F2N2/c1-2-18-32(20-16-23-10-5-3-6-11-23)19-9-17-28(22-31,24-12-7-4-8-13-24)25-14-15-26(29)27(30)21-25/h3,5-6,10-11,14-15,21,24H,2,4,7-9,12-13,16-20H2,1H3. The van der Waals surface area contributed by atoms with Gasteiger partial charge in [0.05, 0.1) is 11.5 Å². The van der Waals surface area contributed by atoms with Crippen LogP contribution in [0.1, 0.15) is 69.4 Å². The Bertz CT molecular complexity index is 871. The van der Waals surface area contributed by atoms with Crippen molar-refractivity contribution >= 4 is 0 Å². The van der Waals surface area contributed by atoms with Gasteiger partial charge in [0.1, 0.15) is 0 Å². The Labute approximate surface area is 192 Å². The normalized spacial score (nSPS) is 16.6. The molecule has 0 radical (unpaired) electrons. The fourth-order valence-corrected chi connectivity index (χ4v) is 5.33. The van der Waals surface area contributed by atoms with E-state index in [-0.39, 0.29) is 5.92 Å². The first kappa shape index (κ1) is 24.4. The van der Waals surface area contributed by atoms with Gasteiger partial charge in [0, 0.05) is 6.54 Å². The predicted molar refractivity (Wildman–Crippen MR) is 126 cm³/mol. The molecular formula is C28H36F2N2. The Kier molecular flexibility index (Phi) is 9.23. The molecule has 2 aromatic carbocycles. The molecule has 0 spiro atoms. The molecule has 0 amide bonds.